The summed E-state index contributed by atoms with van der Waals surface area (Å²) in [6.45, 7) is 2.07. The standard InChI is InChI=1S/C20H21N5O2S/c1-13-11-15-5-3-4-6-17(15)24(13)18(26)12-28-20-23-22-19(25(20)21)14-7-9-16(27-2)10-8-14/h3-10,13H,11-12,21H2,1-2H3/t13-/m0/s1. The molecule has 1 aliphatic heterocycles. The number of hydrogen-bond donors (Lipinski definition) is 1. The van der Waals surface area contributed by atoms with Crippen molar-refractivity contribution in [3.05, 3.63) is 54.1 Å². The predicted molar refractivity (Wildman–Crippen MR) is 110 cm³/mol. The van der Waals surface area contributed by atoms with Crippen LogP contribution in [0.15, 0.2) is 53.7 Å². The molecule has 0 radical (unpaired) electrons. The molecule has 0 saturated heterocycles. The molecule has 1 atom stereocenters. The number of nitrogens with two attached hydrogens (primary N) is 1. The highest BCUT2D eigenvalue weighted by molar-refractivity contribution is 7.99. The Bertz CT molecular complexity index is 1000. The third-order valence-corrected chi connectivity index (χ3v) is 5.74. The molecule has 1 aliphatic rings. The van der Waals surface area contributed by atoms with E-state index in [1.807, 2.05) is 47.4 Å². The Balaban J connectivity index is 1.47. The number of methoxy groups -OCH3 is 1. The van der Waals surface area contributed by atoms with Gasteiger partial charge in [-0.05, 0) is 49.2 Å². The lowest BCUT2D eigenvalue weighted by Crippen LogP contribution is -2.37. The highest BCUT2D eigenvalue weighted by Crippen LogP contribution is 2.33. The van der Waals surface area contributed by atoms with Gasteiger partial charge in [-0.3, -0.25) is 4.79 Å². The number of carbonyl (C=O) groups is 1. The molecule has 0 spiro atoms. The van der Waals surface area contributed by atoms with Crippen LogP contribution in [0.4, 0.5) is 5.69 Å². The third kappa shape index (κ3) is 3.31. The lowest BCUT2D eigenvalue weighted by atomic mass is 10.1. The number of ether oxygens (including phenoxy) is 1. The summed E-state index contributed by atoms with van der Waals surface area (Å²) in [5.74, 6) is 7.75. The molecule has 1 amide bonds. The molecule has 4 rings (SSSR count). The van der Waals surface area contributed by atoms with Gasteiger partial charge in [-0.2, -0.15) is 0 Å². The first-order valence-electron chi connectivity index (χ1n) is 8.96. The molecule has 8 heteroatoms. The Morgan fingerprint density at radius 1 is 1.21 bits per heavy atom. The van der Waals surface area contributed by atoms with Gasteiger partial charge in [0.25, 0.3) is 0 Å². The SMILES string of the molecule is COc1ccc(-c2nnc(SCC(=O)N3c4ccccc4C[C@@H]3C)n2N)cc1. The summed E-state index contributed by atoms with van der Waals surface area (Å²) in [4.78, 5) is 14.7. The van der Waals surface area contributed by atoms with Crippen molar-refractivity contribution in [2.24, 2.45) is 0 Å². The van der Waals surface area contributed by atoms with Crippen molar-refractivity contribution >= 4 is 23.4 Å². The van der Waals surface area contributed by atoms with E-state index in [1.54, 1.807) is 7.11 Å². The minimum Gasteiger partial charge on any atom is -0.497 e. The summed E-state index contributed by atoms with van der Waals surface area (Å²) in [7, 11) is 1.62. The normalized spacial score (nSPS) is 15.5. The molecular weight excluding hydrogens is 374 g/mol. The summed E-state index contributed by atoms with van der Waals surface area (Å²) in [6.07, 6.45) is 0.876. The molecular formula is C20H21N5O2S. The maximum absolute atomic E-state index is 12.8. The first kappa shape index (κ1) is 18.4. The summed E-state index contributed by atoms with van der Waals surface area (Å²) in [6, 6.07) is 15.6. The quantitative estimate of drug-likeness (QED) is 0.528. The Morgan fingerprint density at radius 2 is 1.96 bits per heavy atom. The number of rotatable bonds is 5. The van der Waals surface area contributed by atoms with Gasteiger partial charge in [0.2, 0.25) is 11.1 Å². The number of amides is 1. The number of nitrogen functional groups attached to an aromatic ring is 1. The number of benzene rings is 2. The average molecular weight is 395 g/mol. The molecule has 0 unspecified atom stereocenters. The van der Waals surface area contributed by atoms with E-state index in [0.29, 0.717) is 11.0 Å². The number of fused-ring (bicyclic) bond motifs is 1. The van der Waals surface area contributed by atoms with Crippen molar-refractivity contribution < 1.29 is 9.53 Å². The number of anilines is 1. The number of para-hydroxylation sites is 1. The summed E-state index contributed by atoms with van der Waals surface area (Å²) < 4.78 is 6.59. The van der Waals surface area contributed by atoms with Crippen molar-refractivity contribution in [3.63, 3.8) is 0 Å². The molecule has 0 fully saturated rings. The van der Waals surface area contributed by atoms with Crippen LogP contribution < -0.4 is 15.5 Å². The predicted octanol–water partition coefficient (Wildman–Crippen LogP) is 2.74. The van der Waals surface area contributed by atoms with E-state index in [0.717, 1.165) is 23.4 Å². The van der Waals surface area contributed by atoms with Crippen molar-refractivity contribution in [2.75, 3.05) is 23.6 Å². The molecule has 144 valence electrons. The summed E-state index contributed by atoms with van der Waals surface area (Å²) in [5, 5.41) is 8.81. The van der Waals surface area contributed by atoms with Crippen molar-refractivity contribution in [3.8, 4) is 17.1 Å². The lowest BCUT2D eigenvalue weighted by molar-refractivity contribution is -0.116. The highest BCUT2D eigenvalue weighted by atomic mass is 32.2. The van der Waals surface area contributed by atoms with Gasteiger partial charge in [-0.15, -0.1) is 10.2 Å². The number of nitrogens with zero attached hydrogens (tertiary/aromatic N) is 4. The molecule has 2 aromatic carbocycles. The van der Waals surface area contributed by atoms with Crippen LogP contribution >= 0.6 is 11.8 Å². The highest BCUT2D eigenvalue weighted by Gasteiger charge is 2.30. The zero-order valence-electron chi connectivity index (χ0n) is 15.7. The second-order valence-electron chi connectivity index (χ2n) is 6.64. The Labute approximate surface area is 167 Å². The van der Waals surface area contributed by atoms with E-state index in [9.17, 15) is 4.79 Å². The van der Waals surface area contributed by atoms with Gasteiger partial charge in [-0.1, -0.05) is 30.0 Å². The van der Waals surface area contributed by atoms with Gasteiger partial charge in [-0.25, -0.2) is 4.68 Å². The molecule has 1 aromatic heterocycles. The fourth-order valence-electron chi connectivity index (χ4n) is 3.45. The van der Waals surface area contributed by atoms with Crippen LogP contribution in [0.5, 0.6) is 5.75 Å². The van der Waals surface area contributed by atoms with Gasteiger partial charge in [0.1, 0.15) is 5.75 Å². The molecule has 28 heavy (non-hydrogen) atoms. The van der Waals surface area contributed by atoms with Crippen molar-refractivity contribution in [2.45, 2.75) is 24.5 Å². The zero-order valence-corrected chi connectivity index (χ0v) is 16.5. The molecule has 0 aliphatic carbocycles. The van der Waals surface area contributed by atoms with Crippen LogP contribution in [-0.4, -0.2) is 39.7 Å². The smallest absolute Gasteiger partial charge is 0.237 e. The molecule has 2 N–H and O–H groups in total. The average Bonchev–Trinajstić information content (AvgIpc) is 3.25. The lowest BCUT2D eigenvalue weighted by Gasteiger charge is -2.22. The van der Waals surface area contributed by atoms with Gasteiger partial charge in [0.05, 0.1) is 12.9 Å². The second-order valence-corrected chi connectivity index (χ2v) is 7.58. The minimum absolute atomic E-state index is 0.0384. The topological polar surface area (TPSA) is 86.3 Å². The first-order chi connectivity index (χ1) is 13.6. The number of hydrogen-bond acceptors (Lipinski definition) is 6. The summed E-state index contributed by atoms with van der Waals surface area (Å²) in [5.41, 5.74) is 3.03. The van der Waals surface area contributed by atoms with Crippen LogP contribution in [0.1, 0.15) is 12.5 Å². The first-order valence-corrected chi connectivity index (χ1v) is 9.94. The molecule has 0 saturated carbocycles. The van der Waals surface area contributed by atoms with Gasteiger partial charge < -0.3 is 15.5 Å². The van der Waals surface area contributed by atoms with Crippen molar-refractivity contribution in [1.82, 2.24) is 14.9 Å². The summed E-state index contributed by atoms with van der Waals surface area (Å²) >= 11 is 1.29. The fraction of sp³-hybridized carbons (Fsp3) is 0.250. The van der Waals surface area contributed by atoms with Gasteiger partial charge in [0.15, 0.2) is 5.82 Å². The largest absolute Gasteiger partial charge is 0.497 e. The van der Waals surface area contributed by atoms with Gasteiger partial charge in [0, 0.05) is 17.3 Å². The van der Waals surface area contributed by atoms with Crippen LogP contribution in [0.2, 0.25) is 0 Å². The number of thioether (sulfide) groups is 1. The third-order valence-electron chi connectivity index (χ3n) is 4.81. The monoisotopic (exact) mass is 395 g/mol. The molecule has 7 nitrogen and oxygen atoms in total. The van der Waals surface area contributed by atoms with Crippen molar-refractivity contribution in [1.29, 1.82) is 0 Å². The Morgan fingerprint density at radius 3 is 2.71 bits per heavy atom. The maximum atomic E-state index is 12.8. The van der Waals surface area contributed by atoms with E-state index in [4.69, 9.17) is 10.6 Å². The van der Waals surface area contributed by atoms with E-state index in [2.05, 4.69) is 23.2 Å². The van der Waals surface area contributed by atoms with E-state index in [1.165, 1.54) is 22.0 Å². The number of aromatic nitrogens is 3. The van der Waals surface area contributed by atoms with Crippen LogP contribution in [0.3, 0.4) is 0 Å². The molecule has 0 bridgehead atoms. The fourth-order valence-corrected chi connectivity index (χ4v) is 4.17. The number of carbonyl (C=O) groups excluding carboxylic acids is 1. The Hall–Kier alpha value is -3.00. The van der Waals surface area contributed by atoms with E-state index in [-0.39, 0.29) is 17.7 Å². The van der Waals surface area contributed by atoms with E-state index >= 15 is 0 Å². The van der Waals surface area contributed by atoms with E-state index < -0.39 is 0 Å². The molecule has 2 heterocycles. The van der Waals surface area contributed by atoms with Gasteiger partial charge >= 0.3 is 0 Å². The van der Waals surface area contributed by atoms with Crippen LogP contribution in [0, 0.1) is 0 Å². The van der Waals surface area contributed by atoms with Crippen LogP contribution in [0.25, 0.3) is 11.4 Å². The Kier molecular flexibility index (Phi) is 4.95. The zero-order chi connectivity index (χ0) is 19.7. The van der Waals surface area contributed by atoms with Crippen LogP contribution in [-0.2, 0) is 11.2 Å². The minimum atomic E-state index is 0.0384. The second kappa shape index (κ2) is 7.55. The molecule has 3 aromatic rings. The maximum Gasteiger partial charge on any atom is 0.237 e.